The van der Waals surface area contributed by atoms with Crippen molar-refractivity contribution in [3.63, 3.8) is 0 Å². The van der Waals surface area contributed by atoms with E-state index in [0.29, 0.717) is 12.8 Å². The Balaban J connectivity index is -0.0000281. The number of esters is 2. The molecule has 0 aromatic rings. The molecule has 0 aromatic heterocycles. The van der Waals surface area contributed by atoms with E-state index in [1.807, 2.05) is 0 Å². The molecule has 0 saturated heterocycles. The largest absolute Gasteiger partial charge is 1.00 e. The molecule has 0 rings (SSSR count). The topological polar surface area (TPSA) is 220 Å². The van der Waals surface area contributed by atoms with Gasteiger partial charge in [0, 0.05) is 36.7 Å². The number of hydrogen-bond acceptors (Lipinski definition) is 12. The average Bonchev–Trinajstić information content (AvgIpc) is 3.39. The predicted molar refractivity (Wildman–Crippen MR) is 305 cm³/mol. The van der Waals surface area contributed by atoms with Crippen LogP contribution in [-0.2, 0) is 43.0 Å². The molecule has 17 heteroatoms. The van der Waals surface area contributed by atoms with Gasteiger partial charge in [-0.3, -0.25) is 24.0 Å². The molecule has 0 radical (unpaired) electrons. The van der Waals surface area contributed by atoms with E-state index >= 15 is 0 Å². The molecule has 78 heavy (non-hydrogen) atoms. The van der Waals surface area contributed by atoms with E-state index in [4.69, 9.17) is 9.47 Å². The van der Waals surface area contributed by atoms with E-state index in [0.717, 1.165) is 64.2 Å². The van der Waals surface area contributed by atoms with Crippen molar-refractivity contribution in [1.82, 2.24) is 16.0 Å². The molecule has 0 saturated carbocycles. The fourth-order valence-corrected chi connectivity index (χ4v) is 10.3. The first-order valence-corrected chi connectivity index (χ1v) is 32.3. The van der Waals surface area contributed by atoms with Crippen molar-refractivity contribution < 1.29 is 112 Å². The van der Waals surface area contributed by atoms with Crippen molar-refractivity contribution in [2.24, 2.45) is 0 Å². The van der Waals surface area contributed by atoms with Gasteiger partial charge < -0.3 is 45.2 Å². The van der Waals surface area contributed by atoms with E-state index in [2.05, 4.69) is 36.7 Å². The molecular weight excluding hydrogens is 1030 g/mol. The van der Waals surface area contributed by atoms with Gasteiger partial charge in [0.05, 0.1) is 18.6 Å². The van der Waals surface area contributed by atoms with Crippen LogP contribution in [0.15, 0.2) is 0 Å². The van der Waals surface area contributed by atoms with Gasteiger partial charge in [0.2, 0.25) is 17.7 Å². The van der Waals surface area contributed by atoms with Gasteiger partial charge in [0.1, 0.15) is 18.8 Å². The summed E-state index contributed by atoms with van der Waals surface area (Å²) in [6.45, 7) is 5.92. The van der Waals surface area contributed by atoms with Crippen LogP contribution in [0.4, 0.5) is 0 Å². The van der Waals surface area contributed by atoms with Crippen molar-refractivity contribution in [2.45, 2.75) is 321 Å². The van der Waals surface area contributed by atoms with E-state index in [-0.39, 0.29) is 114 Å². The third-order valence-electron chi connectivity index (χ3n) is 14.1. The molecule has 0 spiro atoms. The minimum absolute atomic E-state index is 0. The summed E-state index contributed by atoms with van der Waals surface area (Å²) in [5.41, 5.74) is 0. The molecule has 0 aliphatic rings. The summed E-state index contributed by atoms with van der Waals surface area (Å²) < 4.78 is 11.5. The number of ether oxygens (including phenoxy) is 2. The van der Waals surface area contributed by atoms with Crippen LogP contribution in [0, 0.1) is 0 Å². The second-order valence-corrected chi connectivity index (χ2v) is 22.6. The summed E-state index contributed by atoms with van der Waals surface area (Å²) in [5.74, 6) is -5.63. The summed E-state index contributed by atoms with van der Waals surface area (Å²) in [4.78, 5) is 88.0. The third kappa shape index (κ3) is 56.5. The Kier molecular flexibility index (Phi) is 64.0. The quantitative estimate of drug-likeness (QED) is 0.0363. The third-order valence-corrected chi connectivity index (χ3v) is 15.3. The Morgan fingerprint density at radius 3 is 1.13 bits per heavy atom. The van der Waals surface area contributed by atoms with Crippen LogP contribution in [0.1, 0.15) is 303 Å². The summed E-state index contributed by atoms with van der Waals surface area (Å²) in [6.07, 6.45) is 44.9. The molecule has 0 aromatic carbocycles. The number of unbranched alkanes of at least 4 members (excludes halogenated alkanes) is 36. The van der Waals surface area contributed by atoms with Gasteiger partial charge in [-0.15, -0.1) is 0 Å². The fraction of sp³-hybridized carbons (Fsp3) is 0.885. The van der Waals surface area contributed by atoms with Gasteiger partial charge >= 0.3 is 71.1 Å². The van der Waals surface area contributed by atoms with Gasteiger partial charge in [-0.25, -0.2) is 0 Å². The van der Waals surface area contributed by atoms with Crippen LogP contribution in [0.2, 0.25) is 0 Å². The van der Waals surface area contributed by atoms with E-state index in [9.17, 15) is 43.8 Å². The SMILES string of the molecule is CCCCCCCCCCCCCCCC(=O)N[C@@H](CSC[C@@H](COC(=O)CCCCCCCCCCCCCCC)OC(=O)CCCCCCCCCCCCCCC)C(=O)NCC(=O)N[C@@H](CCC(=O)[O-])C(=O)[O-].[Na+].[Na+]. The molecule has 0 bridgehead atoms. The molecule has 3 amide bonds. The minimum Gasteiger partial charge on any atom is -0.550 e. The van der Waals surface area contributed by atoms with Gasteiger partial charge in [-0.2, -0.15) is 11.8 Å². The van der Waals surface area contributed by atoms with E-state index in [1.54, 1.807) is 0 Å². The van der Waals surface area contributed by atoms with Gasteiger partial charge in [-0.05, 0) is 32.1 Å². The molecule has 444 valence electrons. The molecule has 3 atom stereocenters. The standard InChI is InChI=1S/C61H113N3O11S.2Na/c1-4-7-10-13-16-19-22-25-28-31-34-37-40-43-55(65)64-54(60(71)62-48-56(66)63-53(61(72)73)46-47-57(67)68)51-76-50-52(75-59(70)45-42-39-36-33-30-27-24-21-18-15-12-9-6-3)49-74-58(69)44-41-38-35-32-29-26-23-20-17-14-11-8-5-2;;/h52-54H,4-51H2,1-3H3,(H,62,71)(H,63,66)(H,64,65)(H,67,68)(H,72,73);;/q;2*+1/p-2/t52-,53+,54+;;/m1../s1. The summed E-state index contributed by atoms with van der Waals surface area (Å²) in [7, 11) is 0. The number of carbonyl (C=O) groups excluding carboxylic acids is 7. The zero-order valence-electron chi connectivity index (χ0n) is 50.6. The van der Waals surface area contributed by atoms with Crippen molar-refractivity contribution in [1.29, 1.82) is 0 Å². The molecule has 0 unspecified atom stereocenters. The average molecular weight is 1140 g/mol. The number of nitrogens with one attached hydrogen (secondary N) is 3. The van der Waals surface area contributed by atoms with Crippen LogP contribution < -0.4 is 85.3 Å². The van der Waals surface area contributed by atoms with Gasteiger partial charge in [0.25, 0.3) is 0 Å². The number of carboxylic acids is 2. The van der Waals surface area contributed by atoms with Gasteiger partial charge in [-0.1, -0.05) is 252 Å². The fourth-order valence-electron chi connectivity index (χ4n) is 9.31. The van der Waals surface area contributed by atoms with E-state index in [1.165, 1.54) is 185 Å². The first-order valence-electron chi connectivity index (χ1n) is 31.1. The number of carbonyl (C=O) groups is 7. The molecule has 0 heterocycles. The monoisotopic (exact) mass is 1140 g/mol. The maximum atomic E-state index is 13.6. The van der Waals surface area contributed by atoms with E-state index < -0.39 is 61.3 Å². The molecule has 0 aliphatic carbocycles. The van der Waals surface area contributed by atoms with Crippen molar-refractivity contribution in [2.75, 3.05) is 24.7 Å². The van der Waals surface area contributed by atoms with Crippen LogP contribution in [0.25, 0.3) is 0 Å². The van der Waals surface area contributed by atoms with Crippen LogP contribution >= 0.6 is 11.8 Å². The summed E-state index contributed by atoms with van der Waals surface area (Å²) >= 11 is 1.23. The molecule has 0 fully saturated rings. The predicted octanol–water partition coefficient (Wildman–Crippen LogP) is 5.99. The normalized spacial score (nSPS) is 12.1. The van der Waals surface area contributed by atoms with Crippen molar-refractivity contribution >= 4 is 53.4 Å². The number of thioether (sulfide) groups is 1. The number of hydrogen-bond donors (Lipinski definition) is 3. The second kappa shape index (κ2) is 61.7. The van der Waals surface area contributed by atoms with Crippen molar-refractivity contribution in [3.05, 3.63) is 0 Å². The first kappa shape index (κ1) is 80.9. The zero-order valence-corrected chi connectivity index (χ0v) is 55.4. The Bertz CT molecular complexity index is 1470. The number of carboxylic acid groups (broad SMARTS) is 2. The maximum Gasteiger partial charge on any atom is 1.00 e. The minimum atomic E-state index is -1.68. The summed E-state index contributed by atoms with van der Waals surface area (Å²) in [6, 6.07) is -2.72. The summed E-state index contributed by atoms with van der Waals surface area (Å²) in [5, 5.41) is 29.8. The molecule has 3 N–H and O–H groups in total. The first-order chi connectivity index (χ1) is 36.9. The number of amides is 3. The van der Waals surface area contributed by atoms with Crippen LogP contribution in [0.5, 0.6) is 0 Å². The Morgan fingerprint density at radius 1 is 0.410 bits per heavy atom. The zero-order chi connectivity index (χ0) is 56.0. The second-order valence-electron chi connectivity index (χ2n) is 21.5. The molecule has 0 aliphatic heterocycles. The van der Waals surface area contributed by atoms with Crippen LogP contribution in [0.3, 0.4) is 0 Å². The maximum absolute atomic E-state index is 13.6. The van der Waals surface area contributed by atoms with Crippen LogP contribution in [-0.4, -0.2) is 84.4 Å². The van der Waals surface area contributed by atoms with Crippen molar-refractivity contribution in [3.8, 4) is 0 Å². The number of aliphatic carboxylic acids is 2. The number of rotatable bonds is 58. The smallest absolute Gasteiger partial charge is 0.550 e. The molecular formula is C61H111N3Na2O11S. The van der Waals surface area contributed by atoms with Gasteiger partial charge in [0.15, 0.2) is 0 Å². The Morgan fingerprint density at radius 2 is 0.756 bits per heavy atom. The molecule has 14 nitrogen and oxygen atoms in total. The Hall–Kier alpha value is -1.36. The Labute approximate surface area is 523 Å².